The molecular weight excluding hydrogens is 258 g/mol. The van der Waals surface area contributed by atoms with E-state index >= 15 is 0 Å². The molecule has 20 heavy (non-hydrogen) atoms. The average Bonchev–Trinajstić information content (AvgIpc) is 2.47. The molecule has 3 aromatic rings. The second-order valence-electron chi connectivity index (χ2n) is 4.23. The van der Waals surface area contributed by atoms with E-state index in [1.807, 2.05) is 12.1 Å². The monoisotopic (exact) mass is 269 g/mol. The maximum Gasteiger partial charge on any atom is 0.345 e. The van der Waals surface area contributed by atoms with Gasteiger partial charge in [0.25, 0.3) is 0 Å². The number of aromatic nitrogens is 1. The number of pyridine rings is 1. The van der Waals surface area contributed by atoms with Crippen molar-refractivity contribution in [1.29, 1.82) is 0 Å². The van der Waals surface area contributed by atoms with Crippen LogP contribution in [0.2, 0.25) is 0 Å². The molecule has 0 aliphatic heterocycles. The molecule has 5 heteroatoms. The Kier molecular flexibility index (Phi) is 2.95. The largest absolute Gasteiger partial charge is 0.462 e. The lowest BCUT2D eigenvalue weighted by molar-refractivity contribution is 0.0526. The third kappa shape index (κ3) is 1.93. The fraction of sp³-hybridized carbons (Fsp3) is 0.133. The summed E-state index contributed by atoms with van der Waals surface area (Å²) in [6.45, 7) is 1.98. The molecule has 0 aliphatic carbocycles. The van der Waals surface area contributed by atoms with Gasteiger partial charge in [-0.2, -0.15) is 0 Å². The van der Waals surface area contributed by atoms with Crippen LogP contribution in [0.15, 0.2) is 45.7 Å². The van der Waals surface area contributed by atoms with Crippen molar-refractivity contribution in [2.75, 3.05) is 6.61 Å². The number of carbonyl (C=O) groups excluding carboxylic acids is 1. The maximum absolute atomic E-state index is 12.0. The van der Waals surface area contributed by atoms with Crippen LogP contribution >= 0.6 is 0 Å². The van der Waals surface area contributed by atoms with Crippen LogP contribution in [0.1, 0.15) is 17.3 Å². The summed E-state index contributed by atoms with van der Waals surface area (Å²) in [6.07, 6.45) is 1.41. The number of hydrogen-bond acceptors (Lipinski definition) is 5. The number of hydrogen-bond donors (Lipinski definition) is 0. The molecule has 0 amide bonds. The van der Waals surface area contributed by atoms with Crippen molar-refractivity contribution in [3.63, 3.8) is 0 Å². The quantitative estimate of drug-likeness (QED) is 0.406. The van der Waals surface area contributed by atoms with E-state index in [0.29, 0.717) is 11.1 Å². The number of nitrogens with zero attached hydrogens (tertiary/aromatic N) is 1. The summed E-state index contributed by atoms with van der Waals surface area (Å²) in [5.41, 5.74) is 0.713. The molecule has 100 valence electrons. The second kappa shape index (κ2) is 4.77. The van der Waals surface area contributed by atoms with E-state index < -0.39 is 11.6 Å². The molecule has 0 saturated heterocycles. The maximum atomic E-state index is 12.0. The Labute approximate surface area is 113 Å². The summed E-state index contributed by atoms with van der Waals surface area (Å²) < 4.78 is 10.1. The predicted octanol–water partition coefficient (Wildman–Crippen LogP) is 2.52. The van der Waals surface area contributed by atoms with E-state index in [4.69, 9.17) is 9.15 Å². The Morgan fingerprint density at radius 3 is 2.90 bits per heavy atom. The molecule has 2 aromatic heterocycles. The van der Waals surface area contributed by atoms with Crippen LogP contribution in [-0.4, -0.2) is 17.6 Å². The first-order valence-electron chi connectivity index (χ1n) is 6.19. The lowest BCUT2D eigenvalue weighted by atomic mass is 10.1. The van der Waals surface area contributed by atoms with Gasteiger partial charge in [0, 0.05) is 11.6 Å². The van der Waals surface area contributed by atoms with Crippen LogP contribution < -0.4 is 5.63 Å². The Balaban J connectivity index is 2.30. The zero-order chi connectivity index (χ0) is 14.1. The van der Waals surface area contributed by atoms with Gasteiger partial charge in [0.15, 0.2) is 0 Å². The highest BCUT2D eigenvalue weighted by Crippen LogP contribution is 2.21. The fourth-order valence-electron chi connectivity index (χ4n) is 2.07. The summed E-state index contributed by atoms with van der Waals surface area (Å²) in [5, 5.41) is 1.01. The molecule has 0 fully saturated rings. The van der Waals surface area contributed by atoms with Gasteiger partial charge < -0.3 is 9.15 Å². The van der Waals surface area contributed by atoms with Crippen molar-refractivity contribution in [3.05, 3.63) is 52.5 Å². The van der Waals surface area contributed by atoms with Gasteiger partial charge in [-0.05, 0) is 25.1 Å². The molecule has 0 spiro atoms. The molecule has 0 N–H and O–H groups in total. The second-order valence-corrected chi connectivity index (χ2v) is 4.23. The lowest BCUT2D eigenvalue weighted by Gasteiger charge is -2.04. The zero-order valence-corrected chi connectivity index (χ0v) is 10.8. The van der Waals surface area contributed by atoms with Crippen LogP contribution in [0.25, 0.3) is 21.9 Å². The van der Waals surface area contributed by atoms with Crippen LogP contribution in [-0.2, 0) is 4.74 Å². The number of ether oxygens (including phenoxy) is 1. The summed E-state index contributed by atoms with van der Waals surface area (Å²) in [6, 6.07) is 8.60. The number of esters is 1. The van der Waals surface area contributed by atoms with Crippen molar-refractivity contribution in [2.24, 2.45) is 0 Å². The van der Waals surface area contributed by atoms with Gasteiger partial charge in [-0.1, -0.05) is 12.1 Å². The van der Waals surface area contributed by atoms with E-state index in [0.717, 1.165) is 5.39 Å². The van der Waals surface area contributed by atoms with Crippen molar-refractivity contribution in [1.82, 2.24) is 4.98 Å². The van der Waals surface area contributed by atoms with Gasteiger partial charge in [-0.15, -0.1) is 0 Å². The van der Waals surface area contributed by atoms with E-state index in [9.17, 15) is 9.59 Å². The Hall–Kier alpha value is -2.69. The van der Waals surface area contributed by atoms with Crippen molar-refractivity contribution in [3.8, 4) is 0 Å². The highest BCUT2D eigenvalue weighted by Gasteiger charge is 2.13. The van der Waals surface area contributed by atoms with Gasteiger partial charge in [-0.3, -0.25) is 4.98 Å². The molecule has 0 radical (unpaired) electrons. The summed E-state index contributed by atoms with van der Waals surface area (Å²) in [4.78, 5) is 27.8. The minimum atomic E-state index is -0.516. The van der Waals surface area contributed by atoms with Crippen LogP contribution in [0.4, 0.5) is 0 Å². The molecule has 0 aliphatic rings. The third-order valence-electron chi connectivity index (χ3n) is 2.96. The minimum Gasteiger partial charge on any atom is -0.462 e. The van der Waals surface area contributed by atoms with Crippen LogP contribution in [0.3, 0.4) is 0 Å². The van der Waals surface area contributed by atoms with E-state index in [-0.39, 0.29) is 17.6 Å². The van der Waals surface area contributed by atoms with Crippen molar-refractivity contribution >= 4 is 27.8 Å². The highest BCUT2D eigenvalue weighted by atomic mass is 16.5. The van der Waals surface area contributed by atoms with Gasteiger partial charge in [0.2, 0.25) is 0 Å². The SMILES string of the molecule is CCOC(=O)c1cnc2c(c1)c(=O)oc1ccccc12. The third-order valence-corrected chi connectivity index (χ3v) is 2.96. The highest BCUT2D eigenvalue weighted by molar-refractivity contribution is 6.03. The standard InChI is InChI=1S/C15H11NO4/c1-2-19-14(17)9-7-11-13(16-8-9)10-5-3-4-6-12(10)20-15(11)18/h3-8H,2H2,1H3. The molecular formula is C15H11NO4. The summed E-state index contributed by atoms with van der Waals surface area (Å²) in [7, 11) is 0. The molecule has 0 bridgehead atoms. The Morgan fingerprint density at radius 2 is 2.10 bits per heavy atom. The van der Waals surface area contributed by atoms with Gasteiger partial charge in [-0.25, -0.2) is 9.59 Å². The number of para-hydroxylation sites is 1. The van der Waals surface area contributed by atoms with Crippen LogP contribution in [0, 0.1) is 0 Å². The van der Waals surface area contributed by atoms with Gasteiger partial charge >= 0.3 is 11.6 Å². The smallest absolute Gasteiger partial charge is 0.345 e. The predicted molar refractivity (Wildman–Crippen MR) is 73.7 cm³/mol. The minimum absolute atomic E-state index is 0.238. The summed E-state index contributed by atoms with van der Waals surface area (Å²) >= 11 is 0. The first kappa shape index (κ1) is 12.3. The molecule has 1 aromatic carbocycles. The van der Waals surface area contributed by atoms with E-state index in [1.165, 1.54) is 12.3 Å². The molecule has 2 heterocycles. The van der Waals surface area contributed by atoms with E-state index in [1.54, 1.807) is 19.1 Å². The Bertz CT molecular complexity index is 867. The molecule has 5 nitrogen and oxygen atoms in total. The molecule has 0 unspecified atom stereocenters. The molecule has 0 saturated carbocycles. The lowest BCUT2D eigenvalue weighted by Crippen LogP contribution is -2.08. The zero-order valence-electron chi connectivity index (χ0n) is 10.8. The molecule has 3 rings (SSSR count). The number of carbonyl (C=O) groups is 1. The van der Waals surface area contributed by atoms with Gasteiger partial charge in [0.1, 0.15) is 5.58 Å². The first-order valence-corrected chi connectivity index (χ1v) is 6.19. The first-order chi connectivity index (χ1) is 9.70. The van der Waals surface area contributed by atoms with E-state index in [2.05, 4.69) is 4.98 Å². The van der Waals surface area contributed by atoms with Gasteiger partial charge in [0.05, 0.1) is 23.1 Å². The normalized spacial score (nSPS) is 10.8. The summed E-state index contributed by atoms with van der Waals surface area (Å²) in [5.74, 6) is -0.505. The van der Waals surface area contributed by atoms with Crippen molar-refractivity contribution < 1.29 is 13.9 Å². The van der Waals surface area contributed by atoms with Crippen LogP contribution in [0.5, 0.6) is 0 Å². The number of rotatable bonds is 2. The van der Waals surface area contributed by atoms with Crippen molar-refractivity contribution in [2.45, 2.75) is 6.92 Å². The number of fused-ring (bicyclic) bond motifs is 3. The average molecular weight is 269 g/mol. The Morgan fingerprint density at radius 1 is 1.30 bits per heavy atom. The topological polar surface area (TPSA) is 69.4 Å². The number of benzene rings is 1. The fourth-order valence-corrected chi connectivity index (χ4v) is 2.07. The molecule has 0 atom stereocenters.